The van der Waals surface area contributed by atoms with Crippen LogP contribution in [0.2, 0.25) is 0 Å². The molecule has 0 aromatic heterocycles. The summed E-state index contributed by atoms with van der Waals surface area (Å²) in [6.07, 6.45) is 0. The third kappa shape index (κ3) is 2.03. The van der Waals surface area contributed by atoms with Crippen molar-refractivity contribution in [3.05, 3.63) is 23.8 Å². The number of rotatable bonds is 4. The normalized spacial score (nSPS) is 9.86. The van der Waals surface area contributed by atoms with Crippen LogP contribution in [0.3, 0.4) is 0 Å². The molecule has 1 rings (SSSR count). The van der Waals surface area contributed by atoms with E-state index in [9.17, 15) is 9.90 Å². The van der Waals surface area contributed by atoms with Crippen LogP contribution in [0, 0.1) is 0 Å². The average Bonchev–Trinajstić information content (AvgIpc) is 2.20. The van der Waals surface area contributed by atoms with Crippen molar-refractivity contribution in [2.45, 2.75) is 6.92 Å². The lowest BCUT2D eigenvalue weighted by molar-refractivity contribution is 0.0998. The summed E-state index contributed by atoms with van der Waals surface area (Å²) in [5.41, 5.74) is 5.40. The Hall–Kier alpha value is -1.55. The van der Waals surface area contributed by atoms with Crippen LogP contribution in [-0.2, 0) is 0 Å². The van der Waals surface area contributed by atoms with Crippen LogP contribution in [0.5, 0.6) is 11.5 Å². The van der Waals surface area contributed by atoms with E-state index >= 15 is 0 Å². The van der Waals surface area contributed by atoms with E-state index in [1.165, 1.54) is 6.07 Å². The van der Waals surface area contributed by atoms with Gasteiger partial charge in [0.2, 0.25) is 0 Å². The molecule has 4 nitrogen and oxygen atoms in total. The van der Waals surface area contributed by atoms with Crippen LogP contribution >= 0.6 is 0 Å². The van der Waals surface area contributed by atoms with Gasteiger partial charge in [0.1, 0.15) is 0 Å². The molecule has 0 heterocycles. The SMILES string of the molecule is CCOc1cccc(C(=O)CN)c1O. The zero-order valence-electron chi connectivity index (χ0n) is 7.99. The van der Waals surface area contributed by atoms with Gasteiger partial charge in [0.05, 0.1) is 18.7 Å². The molecule has 0 radical (unpaired) electrons. The van der Waals surface area contributed by atoms with Gasteiger partial charge in [-0.1, -0.05) is 6.07 Å². The Morgan fingerprint density at radius 2 is 2.29 bits per heavy atom. The van der Waals surface area contributed by atoms with Crippen molar-refractivity contribution in [2.24, 2.45) is 5.73 Å². The summed E-state index contributed by atoms with van der Waals surface area (Å²) in [6.45, 7) is 2.12. The smallest absolute Gasteiger partial charge is 0.180 e. The maximum atomic E-state index is 11.3. The largest absolute Gasteiger partial charge is 0.504 e. The van der Waals surface area contributed by atoms with E-state index in [1.54, 1.807) is 19.1 Å². The summed E-state index contributed by atoms with van der Waals surface area (Å²) in [7, 11) is 0. The average molecular weight is 195 g/mol. The predicted octanol–water partition coefficient (Wildman–Crippen LogP) is 0.932. The van der Waals surface area contributed by atoms with Crippen LogP contribution in [0.25, 0.3) is 0 Å². The molecule has 0 bridgehead atoms. The number of benzene rings is 1. The number of para-hydroxylation sites is 1. The second kappa shape index (κ2) is 4.62. The van der Waals surface area contributed by atoms with E-state index in [0.717, 1.165) is 0 Å². The first kappa shape index (κ1) is 10.5. The Labute approximate surface area is 82.3 Å². The fourth-order valence-electron chi connectivity index (χ4n) is 1.13. The Morgan fingerprint density at radius 1 is 1.57 bits per heavy atom. The van der Waals surface area contributed by atoms with E-state index in [0.29, 0.717) is 12.4 Å². The standard InChI is InChI=1S/C10H13NO3/c1-2-14-9-5-3-4-7(10(9)13)8(12)6-11/h3-5,13H,2,6,11H2,1H3. The molecule has 0 fully saturated rings. The van der Waals surface area contributed by atoms with Crippen molar-refractivity contribution in [3.63, 3.8) is 0 Å². The zero-order valence-corrected chi connectivity index (χ0v) is 7.99. The van der Waals surface area contributed by atoms with Crippen LogP contribution in [0.15, 0.2) is 18.2 Å². The second-order valence-electron chi connectivity index (χ2n) is 2.71. The molecular weight excluding hydrogens is 182 g/mol. The number of carbonyl (C=O) groups is 1. The van der Waals surface area contributed by atoms with E-state index in [1.807, 2.05) is 0 Å². The van der Waals surface area contributed by atoms with Crippen molar-refractivity contribution in [3.8, 4) is 11.5 Å². The van der Waals surface area contributed by atoms with Gasteiger partial charge in [-0.05, 0) is 19.1 Å². The highest BCUT2D eigenvalue weighted by atomic mass is 16.5. The lowest BCUT2D eigenvalue weighted by Crippen LogP contribution is -2.13. The molecule has 0 saturated heterocycles. The van der Waals surface area contributed by atoms with Gasteiger partial charge in [0.25, 0.3) is 0 Å². The van der Waals surface area contributed by atoms with Crippen molar-refractivity contribution in [2.75, 3.05) is 13.2 Å². The summed E-state index contributed by atoms with van der Waals surface area (Å²) in [5, 5.41) is 9.62. The number of ether oxygens (including phenoxy) is 1. The van der Waals surface area contributed by atoms with Crippen molar-refractivity contribution < 1.29 is 14.6 Å². The monoisotopic (exact) mass is 195 g/mol. The topological polar surface area (TPSA) is 72.5 Å². The number of hydrogen-bond donors (Lipinski definition) is 2. The number of phenols is 1. The predicted molar refractivity (Wildman–Crippen MR) is 52.7 cm³/mol. The molecule has 14 heavy (non-hydrogen) atoms. The van der Waals surface area contributed by atoms with Crippen molar-refractivity contribution in [1.29, 1.82) is 0 Å². The van der Waals surface area contributed by atoms with Gasteiger partial charge in [-0.2, -0.15) is 0 Å². The number of Topliss-reactive ketones (excluding diaryl/α,β-unsaturated/α-hetero) is 1. The van der Waals surface area contributed by atoms with E-state index in [2.05, 4.69) is 0 Å². The molecule has 1 aromatic carbocycles. The fraction of sp³-hybridized carbons (Fsp3) is 0.300. The molecule has 3 N–H and O–H groups in total. The number of nitrogens with two attached hydrogens (primary N) is 1. The van der Waals surface area contributed by atoms with Crippen LogP contribution in [0.1, 0.15) is 17.3 Å². The van der Waals surface area contributed by atoms with E-state index in [4.69, 9.17) is 10.5 Å². The first-order chi connectivity index (χ1) is 6.70. The molecule has 76 valence electrons. The van der Waals surface area contributed by atoms with Gasteiger partial charge in [-0.25, -0.2) is 0 Å². The number of ketones is 1. The number of phenolic OH excluding ortho intramolecular Hbond substituents is 1. The molecule has 0 atom stereocenters. The molecule has 0 aliphatic carbocycles. The minimum atomic E-state index is -0.302. The van der Waals surface area contributed by atoms with Gasteiger partial charge in [0, 0.05) is 0 Å². The minimum absolute atomic E-state index is 0.122. The molecule has 0 unspecified atom stereocenters. The van der Waals surface area contributed by atoms with Crippen molar-refractivity contribution in [1.82, 2.24) is 0 Å². The van der Waals surface area contributed by atoms with Crippen LogP contribution in [0.4, 0.5) is 0 Å². The molecule has 1 aromatic rings. The first-order valence-electron chi connectivity index (χ1n) is 4.38. The molecule has 0 aliphatic heterocycles. The number of hydrogen-bond acceptors (Lipinski definition) is 4. The van der Waals surface area contributed by atoms with Gasteiger partial charge >= 0.3 is 0 Å². The minimum Gasteiger partial charge on any atom is -0.504 e. The van der Waals surface area contributed by atoms with E-state index in [-0.39, 0.29) is 23.6 Å². The summed E-state index contributed by atoms with van der Waals surface area (Å²) in [4.78, 5) is 11.3. The zero-order chi connectivity index (χ0) is 10.6. The molecule has 0 amide bonds. The lowest BCUT2D eigenvalue weighted by Gasteiger charge is -2.08. The number of carbonyl (C=O) groups excluding carboxylic acids is 1. The summed E-state index contributed by atoms with van der Waals surface area (Å²) in [5.74, 6) is -0.124. The molecule has 0 aliphatic rings. The highest BCUT2D eigenvalue weighted by Crippen LogP contribution is 2.29. The Balaban J connectivity index is 3.07. The summed E-state index contributed by atoms with van der Waals surface area (Å²) in [6, 6.07) is 4.77. The highest BCUT2D eigenvalue weighted by Gasteiger charge is 2.12. The Kier molecular flexibility index (Phi) is 3.48. The van der Waals surface area contributed by atoms with Gasteiger partial charge < -0.3 is 15.6 Å². The van der Waals surface area contributed by atoms with E-state index < -0.39 is 0 Å². The summed E-state index contributed by atoms with van der Waals surface area (Å²) >= 11 is 0. The second-order valence-corrected chi connectivity index (χ2v) is 2.71. The van der Waals surface area contributed by atoms with Crippen LogP contribution < -0.4 is 10.5 Å². The van der Waals surface area contributed by atoms with Gasteiger partial charge in [-0.3, -0.25) is 4.79 Å². The van der Waals surface area contributed by atoms with Crippen molar-refractivity contribution >= 4 is 5.78 Å². The summed E-state index contributed by atoms with van der Waals surface area (Å²) < 4.78 is 5.13. The maximum Gasteiger partial charge on any atom is 0.180 e. The third-order valence-corrected chi connectivity index (χ3v) is 1.78. The molecular formula is C10H13NO3. The number of aromatic hydroxyl groups is 1. The fourth-order valence-corrected chi connectivity index (χ4v) is 1.13. The Bertz CT molecular complexity index is 336. The molecule has 4 heteroatoms. The maximum absolute atomic E-state index is 11.3. The molecule has 0 saturated carbocycles. The molecule has 0 spiro atoms. The quantitative estimate of drug-likeness (QED) is 0.701. The first-order valence-corrected chi connectivity index (χ1v) is 4.38. The lowest BCUT2D eigenvalue weighted by atomic mass is 10.1. The highest BCUT2D eigenvalue weighted by molar-refractivity contribution is 6.00. The Morgan fingerprint density at radius 3 is 2.86 bits per heavy atom. The van der Waals surface area contributed by atoms with Gasteiger partial charge in [-0.15, -0.1) is 0 Å². The van der Waals surface area contributed by atoms with Crippen LogP contribution in [-0.4, -0.2) is 24.0 Å². The van der Waals surface area contributed by atoms with Gasteiger partial charge in [0.15, 0.2) is 17.3 Å². The third-order valence-electron chi connectivity index (χ3n) is 1.78.